The van der Waals surface area contributed by atoms with Gasteiger partial charge in [0.2, 0.25) is 5.88 Å². The first kappa shape index (κ1) is 5.37. The largest absolute Gasteiger partial charge is 0.492 e. The number of rotatable bonds is 0. The van der Waals surface area contributed by atoms with Crippen molar-refractivity contribution in [3.8, 4) is 11.1 Å². The lowest BCUT2D eigenvalue weighted by atomic mass is 10.6. The van der Waals surface area contributed by atoms with E-state index in [9.17, 15) is 0 Å². The molecule has 0 amide bonds. The topological polar surface area (TPSA) is 53.4 Å². The fraction of sp³-hybridized carbons (Fsp3) is 0.250. The SMILES string of the molecule is Cc1sc(O)nc1O. The Hall–Kier alpha value is -0.770. The average Bonchev–Trinajstić information content (AvgIpc) is 1.85. The Morgan fingerprint density at radius 3 is 2.25 bits per heavy atom. The first-order chi connectivity index (χ1) is 3.70. The fourth-order valence-corrected chi connectivity index (χ4v) is 0.918. The highest BCUT2D eigenvalue weighted by molar-refractivity contribution is 7.13. The lowest BCUT2D eigenvalue weighted by molar-refractivity contribution is 0.427. The summed E-state index contributed by atoms with van der Waals surface area (Å²) in [5.74, 6) is -0.0764. The van der Waals surface area contributed by atoms with Crippen molar-refractivity contribution in [3.05, 3.63) is 4.88 Å². The molecule has 0 aliphatic rings. The van der Waals surface area contributed by atoms with E-state index in [0.717, 1.165) is 11.3 Å². The van der Waals surface area contributed by atoms with Crippen LogP contribution in [0.4, 0.5) is 0 Å². The van der Waals surface area contributed by atoms with E-state index in [-0.39, 0.29) is 11.1 Å². The van der Waals surface area contributed by atoms with Gasteiger partial charge < -0.3 is 10.2 Å². The van der Waals surface area contributed by atoms with Crippen molar-refractivity contribution < 1.29 is 10.2 Å². The molecule has 0 bridgehead atoms. The van der Waals surface area contributed by atoms with Gasteiger partial charge in [-0.05, 0) is 6.92 Å². The van der Waals surface area contributed by atoms with Crippen LogP contribution in [0.1, 0.15) is 4.88 Å². The zero-order valence-corrected chi connectivity index (χ0v) is 5.07. The molecule has 2 N–H and O–H groups in total. The molecule has 3 nitrogen and oxygen atoms in total. The Morgan fingerprint density at radius 1 is 1.50 bits per heavy atom. The zero-order chi connectivity index (χ0) is 6.15. The van der Waals surface area contributed by atoms with E-state index in [1.807, 2.05) is 0 Å². The molecule has 0 aliphatic carbocycles. The van der Waals surface area contributed by atoms with Crippen LogP contribution in [0.15, 0.2) is 0 Å². The van der Waals surface area contributed by atoms with Crippen LogP contribution >= 0.6 is 11.3 Å². The Labute approximate surface area is 50.2 Å². The van der Waals surface area contributed by atoms with E-state index in [2.05, 4.69) is 4.98 Å². The summed E-state index contributed by atoms with van der Waals surface area (Å²) < 4.78 is 0. The molecule has 0 fully saturated rings. The highest BCUT2D eigenvalue weighted by atomic mass is 32.1. The molecule has 1 aromatic heterocycles. The van der Waals surface area contributed by atoms with Crippen molar-refractivity contribution in [2.45, 2.75) is 6.92 Å². The van der Waals surface area contributed by atoms with Gasteiger partial charge in [0.25, 0.3) is 5.19 Å². The van der Waals surface area contributed by atoms with Gasteiger partial charge in [-0.3, -0.25) is 0 Å². The molecule has 0 aromatic carbocycles. The monoisotopic (exact) mass is 131 g/mol. The molecule has 0 saturated carbocycles. The molecule has 0 aliphatic heterocycles. The van der Waals surface area contributed by atoms with Gasteiger partial charge in [-0.2, -0.15) is 4.98 Å². The normalized spacial score (nSPS) is 9.62. The van der Waals surface area contributed by atoms with Gasteiger partial charge in [-0.15, -0.1) is 0 Å². The predicted molar refractivity (Wildman–Crippen MR) is 30.2 cm³/mol. The Morgan fingerprint density at radius 2 is 2.12 bits per heavy atom. The van der Waals surface area contributed by atoms with Crippen LogP contribution in [0.2, 0.25) is 0 Å². The van der Waals surface area contributed by atoms with Crippen LogP contribution in [0.25, 0.3) is 0 Å². The van der Waals surface area contributed by atoms with Gasteiger partial charge in [0, 0.05) is 0 Å². The van der Waals surface area contributed by atoms with Gasteiger partial charge >= 0.3 is 0 Å². The first-order valence-corrected chi connectivity index (χ1v) is 2.87. The second-order valence-electron chi connectivity index (χ2n) is 1.38. The third kappa shape index (κ3) is 0.742. The molecule has 8 heavy (non-hydrogen) atoms. The number of nitrogens with zero attached hydrogens (tertiary/aromatic N) is 1. The molecular weight excluding hydrogens is 126 g/mol. The second kappa shape index (κ2) is 1.63. The van der Waals surface area contributed by atoms with E-state index in [0.29, 0.717) is 4.88 Å². The molecule has 44 valence electrons. The molecule has 0 spiro atoms. The van der Waals surface area contributed by atoms with Crippen LogP contribution < -0.4 is 0 Å². The van der Waals surface area contributed by atoms with Gasteiger partial charge in [-0.1, -0.05) is 11.3 Å². The van der Waals surface area contributed by atoms with E-state index in [4.69, 9.17) is 10.2 Å². The Bertz CT molecular complexity index is 176. The lowest BCUT2D eigenvalue weighted by Crippen LogP contribution is -1.61. The van der Waals surface area contributed by atoms with Gasteiger partial charge in [0.05, 0.1) is 4.88 Å². The Balaban J connectivity index is 3.14. The number of aromatic hydroxyl groups is 2. The van der Waals surface area contributed by atoms with E-state index < -0.39 is 0 Å². The van der Waals surface area contributed by atoms with Crippen LogP contribution in [-0.2, 0) is 0 Å². The highest BCUT2D eigenvalue weighted by Crippen LogP contribution is 2.26. The zero-order valence-electron chi connectivity index (χ0n) is 4.25. The summed E-state index contributed by atoms with van der Waals surface area (Å²) in [4.78, 5) is 3.98. The minimum atomic E-state index is -0.0833. The molecule has 1 rings (SSSR count). The van der Waals surface area contributed by atoms with E-state index in [1.165, 1.54) is 0 Å². The van der Waals surface area contributed by atoms with Crippen molar-refractivity contribution in [2.24, 2.45) is 0 Å². The first-order valence-electron chi connectivity index (χ1n) is 2.05. The summed E-state index contributed by atoms with van der Waals surface area (Å²) in [6.45, 7) is 1.69. The van der Waals surface area contributed by atoms with Crippen molar-refractivity contribution in [1.29, 1.82) is 0 Å². The minimum absolute atomic E-state index is 0.0764. The lowest BCUT2D eigenvalue weighted by Gasteiger charge is -1.76. The van der Waals surface area contributed by atoms with Crippen molar-refractivity contribution >= 4 is 11.3 Å². The third-order valence-electron chi connectivity index (χ3n) is 0.761. The van der Waals surface area contributed by atoms with Gasteiger partial charge in [0.15, 0.2) is 0 Å². The van der Waals surface area contributed by atoms with Crippen molar-refractivity contribution in [2.75, 3.05) is 0 Å². The molecular formula is C4H5NO2S. The number of aromatic nitrogens is 1. The summed E-state index contributed by atoms with van der Waals surface area (Å²) in [6, 6.07) is 0. The molecule has 0 radical (unpaired) electrons. The molecule has 0 saturated heterocycles. The van der Waals surface area contributed by atoms with Crippen molar-refractivity contribution in [1.82, 2.24) is 4.98 Å². The summed E-state index contributed by atoms with van der Waals surface area (Å²) >= 11 is 1.06. The molecule has 4 heteroatoms. The standard InChI is InChI=1S/C4H5NO2S/c1-2-3(6)5-4(7)8-2/h6H,1H3,(H,5,7). The van der Waals surface area contributed by atoms with E-state index >= 15 is 0 Å². The maximum atomic E-state index is 8.68. The summed E-state index contributed by atoms with van der Waals surface area (Å²) in [6.07, 6.45) is 0. The summed E-state index contributed by atoms with van der Waals surface area (Å²) in [5.41, 5.74) is 0. The number of aryl methyl sites for hydroxylation is 1. The van der Waals surface area contributed by atoms with Crippen LogP contribution in [0.5, 0.6) is 11.1 Å². The second-order valence-corrected chi connectivity index (χ2v) is 2.56. The smallest absolute Gasteiger partial charge is 0.274 e. The summed E-state index contributed by atoms with van der Waals surface area (Å²) in [5, 5.41) is 17.2. The number of hydrogen-bond acceptors (Lipinski definition) is 4. The van der Waals surface area contributed by atoms with Gasteiger partial charge in [0.1, 0.15) is 0 Å². The fourth-order valence-electron chi connectivity index (χ4n) is 0.375. The Kier molecular flexibility index (Phi) is 1.09. The minimum Gasteiger partial charge on any atom is -0.492 e. The number of thiazole rings is 1. The molecule has 1 aromatic rings. The molecule has 0 unspecified atom stereocenters. The predicted octanol–water partition coefficient (Wildman–Crippen LogP) is 0.863. The molecule has 0 atom stereocenters. The quantitative estimate of drug-likeness (QED) is 0.549. The third-order valence-corrected chi connectivity index (χ3v) is 1.52. The van der Waals surface area contributed by atoms with E-state index in [1.54, 1.807) is 6.92 Å². The van der Waals surface area contributed by atoms with Crippen LogP contribution in [0, 0.1) is 6.92 Å². The average molecular weight is 131 g/mol. The van der Waals surface area contributed by atoms with Crippen molar-refractivity contribution in [3.63, 3.8) is 0 Å². The maximum absolute atomic E-state index is 8.68. The van der Waals surface area contributed by atoms with Crippen LogP contribution in [0.3, 0.4) is 0 Å². The molecule has 1 heterocycles. The highest BCUT2D eigenvalue weighted by Gasteiger charge is 2.01. The summed E-state index contributed by atoms with van der Waals surface area (Å²) in [7, 11) is 0. The van der Waals surface area contributed by atoms with Crippen LogP contribution in [-0.4, -0.2) is 15.2 Å². The van der Waals surface area contributed by atoms with Gasteiger partial charge in [-0.25, -0.2) is 0 Å². The maximum Gasteiger partial charge on any atom is 0.274 e. The number of hydrogen-bond donors (Lipinski definition) is 2.